The lowest BCUT2D eigenvalue weighted by Crippen LogP contribution is -2.52. The maximum Gasteiger partial charge on any atom is 0.243 e. The predicted octanol–water partition coefficient (Wildman–Crippen LogP) is 3.23. The quantitative estimate of drug-likeness (QED) is 0.627. The average molecular weight is 488 g/mol. The average Bonchev–Trinajstić information content (AvgIpc) is 3.24. The molecule has 4 rings (SSSR count). The summed E-state index contributed by atoms with van der Waals surface area (Å²) in [6.45, 7) is 5.40. The van der Waals surface area contributed by atoms with Crippen LogP contribution < -0.4 is 4.90 Å². The van der Waals surface area contributed by atoms with Crippen LogP contribution in [0.15, 0.2) is 53.4 Å². The van der Waals surface area contributed by atoms with Gasteiger partial charge in [0.25, 0.3) is 0 Å². The van der Waals surface area contributed by atoms with Crippen molar-refractivity contribution in [3.63, 3.8) is 0 Å². The van der Waals surface area contributed by atoms with E-state index in [9.17, 15) is 22.4 Å². The smallest absolute Gasteiger partial charge is 0.243 e. The van der Waals surface area contributed by atoms with Gasteiger partial charge in [-0.25, -0.2) is 12.8 Å². The highest BCUT2D eigenvalue weighted by Crippen LogP contribution is 2.34. The van der Waals surface area contributed by atoms with Crippen molar-refractivity contribution in [2.24, 2.45) is 5.92 Å². The summed E-state index contributed by atoms with van der Waals surface area (Å²) in [5.41, 5.74) is 1.97. The van der Waals surface area contributed by atoms with Crippen molar-refractivity contribution in [2.45, 2.75) is 37.5 Å². The van der Waals surface area contributed by atoms with Crippen molar-refractivity contribution in [3.05, 3.63) is 59.9 Å². The van der Waals surface area contributed by atoms with Crippen LogP contribution in [0.3, 0.4) is 0 Å². The highest BCUT2D eigenvalue weighted by atomic mass is 32.2. The van der Waals surface area contributed by atoms with Gasteiger partial charge in [0, 0.05) is 44.8 Å². The molecular weight excluding hydrogens is 457 g/mol. The van der Waals surface area contributed by atoms with Gasteiger partial charge in [0.1, 0.15) is 5.82 Å². The van der Waals surface area contributed by atoms with E-state index in [2.05, 4.69) is 13.8 Å². The topological polar surface area (TPSA) is 78.0 Å². The zero-order valence-electron chi connectivity index (χ0n) is 19.5. The molecule has 2 aromatic rings. The molecule has 2 aromatic carbocycles. The van der Waals surface area contributed by atoms with Gasteiger partial charge in [-0.15, -0.1) is 0 Å². The summed E-state index contributed by atoms with van der Waals surface area (Å²) in [5, 5.41) is 0. The van der Waals surface area contributed by atoms with Crippen LogP contribution in [0, 0.1) is 11.7 Å². The number of anilines is 1. The fraction of sp³-hybridized carbons (Fsp3) is 0.440. The predicted molar refractivity (Wildman–Crippen MR) is 127 cm³/mol. The lowest BCUT2D eigenvalue weighted by Gasteiger charge is -2.35. The molecule has 2 amide bonds. The van der Waals surface area contributed by atoms with Gasteiger partial charge in [0.05, 0.1) is 10.8 Å². The number of piperazine rings is 1. The van der Waals surface area contributed by atoms with Gasteiger partial charge in [-0.05, 0) is 48.2 Å². The van der Waals surface area contributed by atoms with Crippen molar-refractivity contribution >= 4 is 27.5 Å². The zero-order chi connectivity index (χ0) is 24.5. The molecule has 0 aliphatic carbocycles. The molecule has 0 spiro atoms. The number of hydrogen-bond donors (Lipinski definition) is 0. The van der Waals surface area contributed by atoms with E-state index in [0.717, 1.165) is 29.8 Å². The first-order chi connectivity index (χ1) is 16.2. The summed E-state index contributed by atoms with van der Waals surface area (Å²) in [5.74, 6) is -0.823. The Hall–Kier alpha value is -2.78. The third-order valence-corrected chi connectivity index (χ3v) is 8.76. The Labute approximate surface area is 200 Å². The molecule has 2 heterocycles. The van der Waals surface area contributed by atoms with Gasteiger partial charge in [-0.2, -0.15) is 4.31 Å². The molecular formula is C25H30FN3O4S. The second-order valence-electron chi connectivity index (χ2n) is 8.96. The Balaban J connectivity index is 1.41. The summed E-state index contributed by atoms with van der Waals surface area (Å²) in [4.78, 5) is 29.4. The fourth-order valence-corrected chi connectivity index (χ4v) is 6.06. The van der Waals surface area contributed by atoms with Crippen molar-refractivity contribution in [3.8, 4) is 0 Å². The number of carbonyl (C=O) groups excluding carboxylic acids is 2. The Kier molecular flexibility index (Phi) is 7.04. The minimum absolute atomic E-state index is 0.0330. The second kappa shape index (κ2) is 9.84. The van der Waals surface area contributed by atoms with Gasteiger partial charge in [-0.3, -0.25) is 9.59 Å². The number of nitrogens with zero attached hydrogens (tertiary/aromatic N) is 3. The van der Waals surface area contributed by atoms with Crippen LogP contribution in [0.2, 0.25) is 0 Å². The van der Waals surface area contributed by atoms with E-state index in [0.29, 0.717) is 12.5 Å². The van der Waals surface area contributed by atoms with E-state index in [1.807, 2.05) is 24.3 Å². The second-order valence-corrected chi connectivity index (χ2v) is 10.9. The van der Waals surface area contributed by atoms with E-state index >= 15 is 0 Å². The van der Waals surface area contributed by atoms with Crippen LogP contribution in [0.1, 0.15) is 38.2 Å². The lowest BCUT2D eigenvalue weighted by atomic mass is 9.96. The molecule has 34 heavy (non-hydrogen) atoms. The Morgan fingerprint density at radius 2 is 1.71 bits per heavy atom. The molecule has 182 valence electrons. The largest absolute Gasteiger partial charge is 0.340 e. The summed E-state index contributed by atoms with van der Waals surface area (Å²) < 4.78 is 40.2. The van der Waals surface area contributed by atoms with Crippen LogP contribution in [0.4, 0.5) is 10.1 Å². The summed E-state index contributed by atoms with van der Waals surface area (Å²) in [7, 11) is -3.75. The normalized spacial score (nSPS) is 20.6. The van der Waals surface area contributed by atoms with Crippen LogP contribution >= 0.6 is 0 Å². The minimum Gasteiger partial charge on any atom is -0.340 e. The van der Waals surface area contributed by atoms with Gasteiger partial charge in [0.15, 0.2) is 0 Å². The summed E-state index contributed by atoms with van der Waals surface area (Å²) >= 11 is 0. The maximum absolute atomic E-state index is 13.2. The SMILES string of the molecule is CC[C@H](C)c1ccccc1N1C[C@H](C(=O)N2CCN(S(=O)(=O)c3ccc(F)cc3)CC2)CC1=O. The number of halogens is 1. The van der Waals surface area contributed by atoms with Crippen LogP contribution in [0.5, 0.6) is 0 Å². The van der Waals surface area contributed by atoms with E-state index in [1.54, 1.807) is 9.80 Å². The first-order valence-electron chi connectivity index (χ1n) is 11.7. The number of rotatable bonds is 6. The number of amides is 2. The van der Waals surface area contributed by atoms with E-state index in [-0.39, 0.29) is 49.3 Å². The van der Waals surface area contributed by atoms with Crippen molar-refractivity contribution in [2.75, 3.05) is 37.6 Å². The van der Waals surface area contributed by atoms with Crippen LogP contribution in [0.25, 0.3) is 0 Å². The Morgan fingerprint density at radius 1 is 1.06 bits per heavy atom. The molecule has 0 bridgehead atoms. The molecule has 2 aliphatic heterocycles. The zero-order valence-corrected chi connectivity index (χ0v) is 20.3. The van der Waals surface area contributed by atoms with Gasteiger partial charge < -0.3 is 9.80 Å². The van der Waals surface area contributed by atoms with Crippen LogP contribution in [-0.4, -0.2) is 62.2 Å². The highest BCUT2D eigenvalue weighted by molar-refractivity contribution is 7.89. The third kappa shape index (κ3) is 4.72. The Bertz CT molecular complexity index is 1160. The fourth-order valence-electron chi connectivity index (χ4n) is 4.64. The Morgan fingerprint density at radius 3 is 2.35 bits per heavy atom. The monoisotopic (exact) mass is 487 g/mol. The third-order valence-electron chi connectivity index (χ3n) is 6.85. The molecule has 0 aromatic heterocycles. The van der Waals surface area contributed by atoms with E-state index in [4.69, 9.17) is 0 Å². The molecule has 7 nitrogen and oxygen atoms in total. The number of benzene rings is 2. The van der Waals surface area contributed by atoms with Gasteiger partial charge in [0.2, 0.25) is 21.8 Å². The molecule has 2 atom stereocenters. The van der Waals surface area contributed by atoms with E-state index < -0.39 is 21.8 Å². The maximum atomic E-state index is 13.2. The minimum atomic E-state index is -3.75. The summed E-state index contributed by atoms with van der Waals surface area (Å²) in [6, 6.07) is 12.6. The molecule has 0 N–H and O–H groups in total. The van der Waals surface area contributed by atoms with Gasteiger partial charge >= 0.3 is 0 Å². The van der Waals surface area contributed by atoms with E-state index in [1.165, 1.54) is 16.4 Å². The number of para-hydroxylation sites is 1. The number of sulfonamides is 1. The standard InChI is InChI=1S/C25H30FN3O4S/c1-3-18(2)22-6-4-5-7-23(22)29-17-19(16-24(29)30)25(31)27-12-14-28(15-13-27)34(32,33)21-10-8-20(26)9-11-21/h4-11,18-19H,3,12-17H2,1-2H3/t18-,19+/m0/s1. The van der Waals surface area contributed by atoms with Gasteiger partial charge in [-0.1, -0.05) is 32.0 Å². The molecule has 2 fully saturated rings. The molecule has 0 saturated carbocycles. The first-order valence-corrected chi connectivity index (χ1v) is 13.1. The molecule has 2 saturated heterocycles. The highest BCUT2D eigenvalue weighted by Gasteiger charge is 2.39. The molecule has 2 aliphatic rings. The molecule has 0 radical (unpaired) electrons. The molecule has 0 unspecified atom stereocenters. The number of hydrogen-bond acceptors (Lipinski definition) is 4. The lowest BCUT2D eigenvalue weighted by molar-refractivity contribution is -0.136. The van der Waals surface area contributed by atoms with Crippen LogP contribution in [-0.2, 0) is 19.6 Å². The van der Waals surface area contributed by atoms with Crippen molar-refractivity contribution < 1.29 is 22.4 Å². The number of carbonyl (C=O) groups is 2. The first kappa shape index (κ1) is 24.3. The molecule has 9 heteroatoms. The van der Waals surface area contributed by atoms with Crippen molar-refractivity contribution in [1.82, 2.24) is 9.21 Å². The summed E-state index contributed by atoms with van der Waals surface area (Å²) in [6.07, 6.45) is 1.11. The van der Waals surface area contributed by atoms with Crippen molar-refractivity contribution in [1.29, 1.82) is 0 Å².